The van der Waals surface area contributed by atoms with Gasteiger partial charge in [-0.25, -0.2) is 9.97 Å². The van der Waals surface area contributed by atoms with Gasteiger partial charge in [-0.2, -0.15) is 0 Å². The Kier molecular flexibility index (Phi) is 5.16. The molecule has 0 bridgehead atoms. The SMILES string of the molecule is CC(=O)c1ccc(Nc2cc(Nc3c(Cl)cccc3Cl)ncn2)cc1. The maximum atomic E-state index is 11.3. The molecule has 126 valence electrons. The Hall–Kier alpha value is -2.63. The van der Waals surface area contributed by atoms with Crippen molar-refractivity contribution in [1.82, 2.24) is 9.97 Å². The molecular weight excluding hydrogens is 359 g/mol. The summed E-state index contributed by atoms with van der Waals surface area (Å²) < 4.78 is 0. The van der Waals surface area contributed by atoms with Gasteiger partial charge >= 0.3 is 0 Å². The number of benzene rings is 2. The lowest BCUT2D eigenvalue weighted by atomic mass is 10.1. The lowest BCUT2D eigenvalue weighted by Crippen LogP contribution is -1.99. The number of para-hydroxylation sites is 1. The highest BCUT2D eigenvalue weighted by molar-refractivity contribution is 6.39. The summed E-state index contributed by atoms with van der Waals surface area (Å²) in [7, 11) is 0. The molecule has 1 heterocycles. The summed E-state index contributed by atoms with van der Waals surface area (Å²) in [6, 6.07) is 14.1. The molecule has 0 atom stereocenters. The molecule has 1 aromatic heterocycles. The van der Waals surface area contributed by atoms with Crippen molar-refractivity contribution in [2.45, 2.75) is 6.92 Å². The lowest BCUT2D eigenvalue weighted by molar-refractivity contribution is 0.101. The summed E-state index contributed by atoms with van der Waals surface area (Å²) >= 11 is 12.3. The van der Waals surface area contributed by atoms with E-state index in [4.69, 9.17) is 23.2 Å². The van der Waals surface area contributed by atoms with Gasteiger partial charge in [-0.05, 0) is 43.3 Å². The number of aromatic nitrogens is 2. The number of hydrogen-bond acceptors (Lipinski definition) is 5. The quantitative estimate of drug-likeness (QED) is 0.580. The molecule has 0 saturated carbocycles. The number of rotatable bonds is 5. The van der Waals surface area contributed by atoms with Crippen LogP contribution in [0.2, 0.25) is 10.0 Å². The molecule has 2 N–H and O–H groups in total. The predicted molar refractivity (Wildman–Crippen MR) is 102 cm³/mol. The van der Waals surface area contributed by atoms with Crippen molar-refractivity contribution in [3.8, 4) is 0 Å². The molecule has 0 spiro atoms. The van der Waals surface area contributed by atoms with E-state index in [1.807, 2.05) is 12.1 Å². The van der Waals surface area contributed by atoms with Gasteiger partial charge in [0.05, 0.1) is 15.7 Å². The number of nitrogens with zero attached hydrogens (tertiary/aromatic N) is 2. The van der Waals surface area contributed by atoms with Gasteiger partial charge in [-0.1, -0.05) is 29.3 Å². The second kappa shape index (κ2) is 7.51. The Balaban J connectivity index is 1.78. The minimum Gasteiger partial charge on any atom is -0.340 e. The minimum absolute atomic E-state index is 0.0247. The maximum Gasteiger partial charge on any atom is 0.159 e. The first-order valence-electron chi connectivity index (χ1n) is 7.44. The summed E-state index contributed by atoms with van der Waals surface area (Å²) in [6.45, 7) is 1.53. The standard InChI is InChI=1S/C18H14Cl2N4O/c1-11(25)12-5-7-13(8-6-12)23-16-9-17(22-10-21-16)24-18-14(19)3-2-4-15(18)20/h2-10H,1H3,(H2,21,22,23,24). The van der Waals surface area contributed by atoms with Gasteiger partial charge in [0.2, 0.25) is 0 Å². The van der Waals surface area contributed by atoms with Gasteiger partial charge in [-0.15, -0.1) is 0 Å². The minimum atomic E-state index is 0.0247. The van der Waals surface area contributed by atoms with Gasteiger partial charge in [0, 0.05) is 17.3 Å². The van der Waals surface area contributed by atoms with E-state index >= 15 is 0 Å². The van der Waals surface area contributed by atoms with E-state index < -0.39 is 0 Å². The number of nitrogens with one attached hydrogen (secondary N) is 2. The topological polar surface area (TPSA) is 66.9 Å². The van der Waals surface area contributed by atoms with Crippen molar-refractivity contribution < 1.29 is 4.79 Å². The van der Waals surface area contributed by atoms with E-state index in [-0.39, 0.29) is 5.78 Å². The molecular formula is C18H14Cl2N4O. The Morgan fingerprint density at radius 2 is 1.52 bits per heavy atom. The second-order valence-electron chi connectivity index (χ2n) is 5.27. The second-order valence-corrected chi connectivity index (χ2v) is 6.08. The van der Waals surface area contributed by atoms with Gasteiger partial charge < -0.3 is 10.6 Å². The average Bonchev–Trinajstić information content (AvgIpc) is 2.59. The van der Waals surface area contributed by atoms with Crippen molar-refractivity contribution in [2.75, 3.05) is 10.6 Å². The number of hydrogen-bond donors (Lipinski definition) is 2. The highest BCUT2D eigenvalue weighted by Crippen LogP contribution is 2.32. The first-order valence-corrected chi connectivity index (χ1v) is 8.19. The third kappa shape index (κ3) is 4.26. The fourth-order valence-corrected chi connectivity index (χ4v) is 2.67. The normalized spacial score (nSPS) is 10.4. The van der Waals surface area contributed by atoms with Crippen molar-refractivity contribution >= 4 is 52.0 Å². The number of halogens is 2. The van der Waals surface area contributed by atoms with E-state index in [1.54, 1.807) is 36.4 Å². The van der Waals surface area contributed by atoms with Crippen LogP contribution in [0.25, 0.3) is 0 Å². The molecule has 7 heteroatoms. The fourth-order valence-electron chi connectivity index (χ4n) is 2.18. The van der Waals surface area contributed by atoms with Gasteiger partial charge in [0.25, 0.3) is 0 Å². The van der Waals surface area contributed by atoms with Gasteiger partial charge in [0.15, 0.2) is 5.78 Å². The van der Waals surface area contributed by atoms with Crippen LogP contribution in [0.5, 0.6) is 0 Å². The zero-order chi connectivity index (χ0) is 17.8. The maximum absolute atomic E-state index is 11.3. The number of Topliss-reactive ketones (excluding diaryl/α,β-unsaturated/α-hetero) is 1. The summed E-state index contributed by atoms with van der Waals surface area (Å²) in [4.78, 5) is 19.7. The van der Waals surface area contributed by atoms with E-state index in [1.165, 1.54) is 13.3 Å². The molecule has 0 aliphatic heterocycles. The zero-order valence-corrected chi connectivity index (χ0v) is 14.8. The monoisotopic (exact) mass is 372 g/mol. The molecule has 0 fully saturated rings. The highest BCUT2D eigenvalue weighted by atomic mass is 35.5. The van der Waals surface area contributed by atoms with Crippen molar-refractivity contribution in [2.24, 2.45) is 0 Å². The summed E-state index contributed by atoms with van der Waals surface area (Å²) in [5.74, 6) is 1.17. The van der Waals surface area contributed by atoms with Gasteiger partial charge in [0.1, 0.15) is 18.0 Å². The van der Waals surface area contributed by atoms with Crippen molar-refractivity contribution in [3.05, 3.63) is 70.5 Å². The van der Waals surface area contributed by atoms with Crippen LogP contribution in [-0.4, -0.2) is 15.8 Å². The fraction of sp³-hybridized carbons (Fsp3) is 0.0556. The van der Waals surface area contributed by atoms with E-state index in [2.05, 4.69) is 20.6 Å². The molecule has 0 radical (unpaired) electrons. The Morgan fingerprint density at radius 1 is 0.920 bits per heavy atom. The molecule has 0 unspecified atom stereocenters. The third-order valence-electron chi connectivity index (χ3n) is 3.45. The lowest BCUT2D eigenvalue weighted by Gasteiger charge is -2.11. The number of ketones is 1. The summed E-state index contributed by atoms with van der Waals surface area (Å²) in [5, 5.41) is 7.25. The van der Waals surface area contributed by atoms with E-state index in [0.29, 0.717) is 32.9 Å². The van der Waals surface area contributed by atoms with Crippen molar-refractivity contribution in [1.29, 1.82) is 0 Å². The molecule has 25 heavy (non-hydrogen) atoms. The van der Waals surface area contributed by atoms with Crippen LogP contribution in [0.4, 0.5) is 23.0 Å². The third-order valence-corrected chi connectivity index (χ3v) is 4.08. The van der Waals surface area contributed by atoms with E-state index in [9.17, 15) is 4.79 Å². The van der Waals surface area contributed by atoms with Crippen molar-refractivity contribution in [3.63, 3.8) is 0 Å². The molecule has 2 aromatic carbocycles. The largest absolute Gasteiger partial charge is 0.340 e. The number of carbonyl (C=O) groups is 1. The molecule has 0 aliphatic rings. The molecule has 0 saturated heterocycles. The predicted octanol–water partition coefficient (Wildman–Crippen LogP) is 5.47. The van der Waals surface area contributed by atoms with Crippen LogP contribution in [0.3, 0.4) is 0 Å². The Morgan fingerprint density at radius 3 is 2.12 bits per heavy atom. The average molecular weight is 373 g/mol. The number of anilines is 4. The molecule has 0 aliphatic carbocycles. The molecule has 3 rings (SSSR count). The summed E-state index contributed by atoms with van der Waals surface area (Å²) in [5.41, 5.74) is 2.05. The molecule has 3 aromatic rings. The van der Waals surface area contributed by atoms with Crippen LogP contribution in [0.15, 0.2) is 54.9 Å². The molecule has 0 amide bonds. The zero-order valence-electron chi connectivity index (χ0n) is 13.3. The number of carbonyl (C=O) groups excluding carboxylic acids is 1. The Bertz CT molecular complexity index is 893. The molecule has 5 nitrogen and oxygen atoms in total. The Labute approximate surface area is 155 Å². The van der Waals surface area contributed by atoms with Gasteiger partial charge in [-0.3, -0.25) is 4.79 Å². The van der Waals surface area contributed by atoms with Crippen LogP contribution < -0.4 is 10.6 Å². The first-order chi connectivity index (χ1) is 12.0. The van der Waals surface area contributed by atoms with Crippen LogP contribution in [0, 0.1) is 0 Å². The van der Waals surface area contributed by atoms with Crippen LogP contribution in [0.1, 0.15) is 17.3 Å². The highest BCUT2D eigenvalue weighted by Gasteiger charge is 2.07. The van der Waals surface area contributed by atoms with Crippen LogP contribution in [-0.2, 0) is 0 Å². The smallest absolute Gasteiger partial charge is 0.159 e. The van der Waals surface area contributed by atoms with E-state index in [0.717, 1.165) is 5.69 Å². The summed E-state index contributed by atoms with van der Waals surface area (Å²) in [6.07, 6.45) is 1.43. The van der Waals surface area contributed by atoms with Crippen LogP contribution >= 0.6 is 23.2 Å². The first kappa shape index (κ1) is 17.2.